The summed E-state index contributed by atoms with van der Waals surface area (Å²) in [6.07, 6.45) is -4.78. The van der Waals surface area contributed by atoms with E-state index < -0.39 is 12.4 Å². The number of para-hydroxylation sites is 1. The molecule has 4 nitrogen and oxygen atoms in total. The zero-order valence-electron chi connectivity index (χ0n) is 14.8. The van der Waals surface area contributed by atoms with Crippen LogP contribution >= 0.6 is 0 Å². The molecule has 1 amide bonds. The standard InChI is InChI=1S/C19H21F3N2O2/c1-23(2)17(14-9-5-4-6-10-14)18(25)24(3)13-15-11-7-8-12-16(15)26-19(20,21)22/h4-12,17H,13H2,1-3H3/t17-/m0/s1. The molecule has 0 fully saturated rings. The predicted molar refractivity (Wildman–Crippen MR) is 92.5 cm³/mol. The van der Waals surface area contributed by atoms with Gasteiger partial charge in [-0.2, -0.15) is 0 Å². The largest absolute Gasteiger partial charge is 0.573 e. The smallest absolute Gasteiger partial charge is 0.405 e. The van der Waals surface area contributed by atoms with Gasteiger partial charge in [-0.25, -0.2) is 0 Å². The summed E-state index contributed by atoms with van der Waals surface area (Å²) in [5.41, 5.74) is 1.10. The number of nitrogens with zero attached hydrogens (tertiary/aromatic N) is 2. The highest BCUT2D eigenvalue weighted by atomic mass is 19.4. The molecular weight excluding hydrogens is 345 g/mol. The first-order valence-electron chi connectivity index (χ1n) is 7.99. The minimum atomic E-state index is -4.78. The Hall–Kier alpha value is -2.54. The van der Waals surface area contributed by atoms with Crippen LogP contribution in [0.2, 0.25) is 0 Å². The molecule has 0 N–H and O–H groups in total. The maximum Gasteiger partial charge on any atom is 0.573 e. The second-order valence-electron chi connectivity index (χ2n) is 6.13. The summed E-state index contributed by atoms with van der Waals surface area (Å²) in [5.74, 6) is -0.524. The molecule has 26 heavy (non-hydrogen) atoms. The topological polar surface area (TPSA) is 32.8 Å². The van der Waals surface area contributed by atoms with Crippen LogP contribution in [0, 0.1) is 0 Å². The Morgan fingerprint density at radius 3 is 2.15 bits per heavy atom. The van der Waals surface area contributed by atoms with Crippen LogP contribution in [0.4, 0.5) is 13.2 Å². The Bertz CT molecular complexity index is 733. The Labute approximate surface area is 150 Å². The number of halogens is 3. The van der Waals surface area contributed by atoms with Gasteiger partial charge in [0.05, 0.1) is 0 Å². The van der Waals surface area contributed by atoms with Crippen LogP contribution in [-0.2, 0) is 11.3 Å². The quantitative estimate of drug-likeness (QED) is 0.779. The van der Waals surface area contributed by atoms with E-state index in [1.165, 1.54) is 23.1 Å². The number of benzene rings is 2. The summed E-state index contributed by atoms with van der Waals surface area (Å²) in [4.78, 5) is 16.1. The van der Waals surface area contributed by atoms with Gasteiger partial charge < -0.3 is 9.64 Å². The van der Waals surface area contributed by atoms with E-state index in [4.69, 9.17) is 0 Å². The van der Waals surface area contributed by atoms with Crippen molar-refractivity contribution in [2.45, 2.75) is 18.9 Å². The van der Waals surface area contributed by atoms with E-state index in [1.807, 2.05) is 30.3 Å². The molecule has 0 bridgehead atoms. The number of hydrogen-bond donors (Lipinski definition) is 0. The highest BCUT2D eigenvalue weighted by Crippen LogP contribution is 2.28. The van der Waals surface area contributed by atoms with Crippen molar-refractivity contribution in [2.75, 3.05) is 21.1 Å². The molecule has 0 unspecified atom stereocenters. The van der Waals surface area contributed by atoms with Crippen molar-refractivity contribution < 1.29 is 22.7 Å². The van der Waals surface area contributed by atoms with E-state index in [2.05, 4.69) is 4.74 Å². The van der Waals surface area contributed by atoms with Crippen LogP contribution in [0.25, 0.3) is 0 Å². The lowest BCUT2D eigenvalue weighted by atomic mass is 10.0. The minimum Gasteiger partial charge on any atom is -0.405 e. The van der Waals surface area contributed by atoms with Crippen LogP contribution in [0.5, 0.6) is 5.75 Å². The average Bonchev–Trinajstić information content (AvgIpc) is 2.56. The Kier molecular flexibility index (Phi) is 6.26. The fraction of sp³-hybridized carbons (Fsp3) is 0.316. The maximum atomic E-state index is 12.9. The fourth-order valence-corrected chi connectivity index (χ4v) is 2.70. The van der Waals surface area contributed by atoms with E-state index >= 15 is 0 Å². The first-order chi connectivity index (χ1) is 12.2. The number of alkyl halides is 3. The molecule has 2 aromatic carbocycles. The van der Waals surface area contributed by atoms with E-state index in [-0.39, 0.29) is 23.8 Å². The molecule has 2 aromatic rings. The minimum absolute atomic E-state index is 0.00224. The maximum absolute atomic E-state index is 12.9. The van der Waals surface area contributed by atoms with Crippen LogP contribution in [0.1, 0.15) is 17.2 Å². The summed E-state index contributed by atoms with van der Waals surface area (Å²) in [6.45, 7) is 0.00224. The van der Waals surface area contributed by atoms with Gasteiger partial charge in [0, 0.05) is 19.2 Å². The molecular formula is C19H21F3N2O2. The molecule has 140 valence electrons. The molecule has 0 saturated heterocycles. The lowest BCUT2D eigenvalue weighted by molar-refractivity contribution is -0.275. The Morgan fingerprint density at radius 2 is 1.58 bits per heavy atom. The van der Waals surface area contributed by atoms with Crippen LogP contribution in [-0.4, -0.2) is 43.2 Å². The van der Waals surface area contributed by atoms with Gasteiger partial charge >= 0.3 is 6.36 Å². The lowest BCUT2D eigenvalue weighted by Gasteiger charge is -2.29. The number of hydrogen-bond acceptors (Lipinski definition) is 3. The molecule has 2 rings (SSSR count). The third-order valence-electron chi connectivity index (χ3n) is 3.85. The molecule has 1 atom stereocenters. The first kappa shape index (κ1) is 19.8. The zero-order chi connectivity index (χ0) is 19.3. The summed E-state index contributed by atoms with van der Waals surface area (Å²) in [5, 5.41) is 0. The number of amides is 1. The third kappa shape index (κ3) is 5.23. The Balaban J connectivity index is 2.21. The molecule has 7 heteroatoms. The van der Waals surface area contributed by atoms with Crippen molar-refractivity contribution >= 4 is 5.91 Å². The second kappa shape index (κ2) is 8.23. The molecule has 0 aliphatic rings. The monoisotopic (exact) mass is 366 g/mol. The fourth-order valence-electron chi connectivity index (χ4n) is 2.70. The van der Waals surface area contributed by atoms with Crippen molar-refractivity contribution in [3.63, 3.8) is 0 Å². The number of likely N-dealkylation sites (N-methyl/N-ethyl adjacent to an activating group) is 2. The lowest BCUT2D eigenvalue weighted by Crippen LogP contribution is -2.38. The highest BCUT2D eigenvalue weighted by Gasteiger charge is 2.32. The van der Waals surface area contributed by atoms with E-state index in [0.29, 0.717) is 0 Å². The van der Waals surface area contributed by atoms with Gasteiger partial charge in [-0.3, -0.25) is 9.69 Å². The SMILES string of the molecule is CN(Cc1ccccc1OC(F)(F)F)C(=O)[C@H](c1ccccc1)N(C)C. The molecule has 0 aromatic heterocycles. The van der Waals surface area contributed by atoms with E-state index in [0.717, 1.165) is 5.56 Å². The molecule has 0 heterocycles. The van der Waals surface area contributed by atoms with Crippen LogP contribution in [0.15, 0.2) is 54.6 Å². The summed E-state index contributed by atoms with van der Waals surface area (Å²) in [7, 11) is 5.13. The first-order valence-corrected chi connectivity index (χ1v) is 7.99. The molecule has 0 radical (unpaired) electrons. The molecule has 0 saturated carbocycles. The van der Waals surface area contributed by atoms with Gasteiger partial charge in [0.2, 0.25) is 5.91 Å². The van der Waals surface area contributed by atoms with E-state index in [1.54, 1.807) is 32.1 Å². The van der Waals surface area contributed by atoms with Crippen molar-refractivity contribution in [2.24, 2.45) is 0 Å². The molecule has 0 aliphatic heterocycles. The second-order valence-corrected chi connectivity index (χ2v) is 6.13. The van der Waals surface area contributed by atoms with Gasteiger partial charge in [0.25, 0.3) is 0 Å². The van der Waals surface area contributed by atoms with Crippen molar-refractivity contribution in [3.05, 3.63) is 65.7 Å². The van der Waals surface area contributed by atoms with Gasteiger partial charge in [-0.15, -0.1) is 13.2 Å². The average molecular weight is 366 g/mol. The van der Waals surface area contributed by atoms with Gasteiger partial charge in [0.15, 0.2) is 0 Å². The number of carbonyl (C=O) groups excluding carboxylic acids is 1. The summed E-state index contributed by atoms with van der Waals surface area (Å²) < 4.78 is 41.7. The zero-order valence-corrected chi connectivity index (χ0v) is 14.8. The van der Waals surface area contributed by atoms with Gasteiger partial charge in [-0.1, -0.05) is 48.5 Å². The highest BCUT2D eigenvalue weighted by molar-refractivity contribution is 5.83. The van der Waals surface area contributed by atoms with E-state index in [9.17, 15) is 18.0 Å². The van der Waals surface area contributed by atoms with Gasteiger partial charge in [0.1, 0.15) is 11.8 Å². The van der Waals surface area contributed by atoms with Crippen LogP contribution < -0.4 is 4.74 Å². The third-order valence-corrected chi connectivity index (χ3v) is 3.85. The number of carbonyl (C=O) groups is 1. The van der Waals surface area contributed by atoms with Crippen molar-refractivity contribution in [1.82, 2.24) is 9.80 Å². The van der Waals surface area contributed by atoms with Crippen molar-refractivity contribution in [1.29, 1.82) is 0 Å². The predicted octanol–water partition coefficient (Wildman–Crippen LogP) is 3.85. The number of ether oxygens (including phenoxy) is 1. The van der Waals surface area contributed by atoms with Crippen LogP contribution in [0.3, 0.4) is 0 Å². The Morgan fingerprint density at radius 1 is 1.00 bits per heavy atom. The normalized spacial score (nSPS) is 12.7. The summed E-state index contributed by atoms with van der Waals surface area (Å²) in [6, 6.07) is 14.5. The molecule has 0 spiro atoms. The summed E-state index contributed by atoms with van der Waals surface area (Å²) >= 11 is 0. The molecule has 0 aliphatic carbocycles. The van der Waals surface area contributed by atoms with Gasteiger partial charge in [-0.05, 0) is 25.7 Å². The number of rotatable bonds is 6. The van der Waals surface area contributed by atoms with Crippen molar-refractivity contribution in [3.8, 4) is 5.75 Å².